The van der Waals surface area contributed by atoms with E-state index >= 15 is 0 Å². The minimum absolute atomic E-state index is 0.280. The van der Waals surface area contributed by atoms with Gasteiger partial charge in [-0.25, -0.2) is 0 Å². The summed E-state index contributed by atoms with van der Waals surface area (Å²) in [4.78, 5) is 1.47. The maximum atomic E-state index is 9.15. The Kier molecular flexibility index (Phi) is 3.32. The zero-order chi connectivity index (χ0) is 11.7. The molecule has 3 rings (SSSR count). The van der Waals surface area contributed by atoms with Crippen molar-refractivity contribution in [2.24, 2.45) is 11.8 Å². The number of thiophene rings is 1. The number of nitrogens with one attached hydrogen (secondary N) is 1. The van der Waals surface area contributed by atoms with E-state index in [1.54, 1.807) is 0 Å². The van der Waals surface area contributed by atoms with Gasteiger partial charge in [0.2, 0.25) is 0 Å². The van der Waals surface area contributed by atoms with Crippen molar-refractivity contribution in [1.29, 1.82) is 0 Å². The molecule has 0 spiro atoms. The Morgan fingerprint density at radius 1 is 1.41 bits per heavy atom. The van der Waals surface area contributed by atoms with Gasteiger partial charge >= 0.3 is 0 Å². The second-order valence-corrected chi connectivity index (χ2v) is 6.15. The lowest BCUT2D eigenvalue weighted by atomic mass is 10.1. The van der Waals surface area contributed by atoms with Gasteiger partial charge in [0.1, 0.15) is 0 Å². The Balaban J connectivity index is 1.64. The lowest BCUT2D eigenvalue weighted by Gasteiger charge is -2.21. The topological polar surface area (TPSA) is 32.3 Å². The molecule has 2 N–H and O–H groups in total. The standard InChI is InChI=1S/C14H19NOS/c16-9-10-3-6-12(8-10)15-14(11-4-5-11)13-2-1-7-17-13/h1-3,6-7,10-12,14-16H,4-5,8-9H2/t10-,12+,14?/m0/s1. The normalized spacial score (nSPS) is 29.7. The average Bonchev–Trinajstić information content (AvgIpc) is 2.88. The molecular weight excluding hydrogens is 230 g/mol. The average molecular weight is 249 g/mol. The summed E-state index contributed by atoms with van der Waals surface area (Å²) in [6.07, 6.45) is 8.13. The minimum atomic E-state index is 0.280. The molecule has 1 heterocycles. The van der Waals surface area contributed by atoms with Crippen LogP contribution in [0.5, 0.6) is 0 Å². The Hall–Kier alpha value is -0.640. The van der Waals surface area contributed by atoms with Gasteiger partial charge in [0, 0.05) is 29.5 Å². The van der Waals surface area contributed by atoms with Crippen molar-refractivity contribution in [2.75, 3.05) is 6.61 Å². The van der Waals surface area contributed by atoms with Crippen LogP contribution in [-0.4, -0.2) is 17.8 Å². The highest BCUT2D eigenvalue weighted by molar-refractivity contribution is 7.10. The minimum Gasteiger partial charge on any atom is -0.396 e. The van der Waals surface area contributed by atoms with Crippen LogP contribution in [0.4, 0.5) is 0 Å². The van der Waals surface area contributed by atoms with Crippen LogP contribution in [0.3, 0.4) is 0 Å². The molecule has 0 saturated heterocycles. The largest absolute Gasteiger partial charge is 0.396 e. The zero-order valence-electron chi connectivity index (χ0n) is 9.88. The molecular formula is C14H19NOS. The molecule has 3 atom stereocenters. The van der Waals surface area contributed by atoms with Crippen molar-refractivity contribution < 1.29 is 5.11 Å². The molecule has 1 aromatic rings. The number of hydrogen-bond donors (Lipinski definition) is 2. The van der Waals surface area contributed by atoms with Crippen molar-refractivity contribution in [3.05, 3.63) is 34.5 Å². The molecule has 2 nitrogen and oxygen atoms in total. The van der Waals surface area contributed by atoms with Crippen molar-refractivity contribution in [2.45, 2.75) is 31.3 Å². The molecule has 1 unspecified atom stereocenters. The molecule has 3 heteroatoms. The Labute approximate surface area is 106 Å². The quantitative estimate of drug-likeness (QED) is 0.786. The van der Waals surface area contributed by atoms with Crippen LogP contribution in [0.15, 0.2) is 29.7 Å². The first-order chi connectivity index (χ1) is 8.36. The number of aliphatic hydroxyl groups is 1. The SMILES string of the molecule is OC[C@H]1C=C[C@@H](NC(c2cccs2)C2CC2)C1. The van der Waals surface area contributed by atoms with E-state index in [1.807, 2.05) is 11.3 Å². The third-order valence-corrected chi connectivity index (χ3v) is 4.70. The van der Waals surface area contributed by atoms with Gasteiger partial charge < -0.3 is 10.4 Å². The Morgan fingerprint density at radius 2 is 2.29 bits per heavy atom. The third-order valence-electron chi connectivity index (χ3n) is 3.74. The molecule has 1 fully saturated rings. The van der Waals surface area contributed by atoms with E-state index < -0.39 is 0 Å². The maximum absolute atomic E-state index is 9.15. The molecule has 2 aliphatic carbocycles. The highest BCUT2D eigenvalue weighted by Crippen LogP contribution is 2.43. The van der Waals surface area contributed by atoms with Crippen LogP contribution in [0.25, 0.3) is 0 Å². The van der Waals surface area contributed by atoms with Crippen LogP contribution in [0.1, 0.15) is 30.2 Å². The lowest BCUT2D eigenvalue weighted by molar-refractivity contribution is 0.244. The van der Waals surface area contributed by atoms with E-state index in [0.29, 0.717) is 18.0 Å². The van der Waals surface area contributed by atoms with Crippen LogP contribution >= 0.6 is 11.3 Å². The molecule has 0 bridgehead atoms. The number of rotatable bonds is 5. The second-order valence-electron chi connectivity index (χ2n) is 5.17. The number of aliphatic hydroxyl groups excluding tert-OH is 1. The molecule has 2 aliphatic rings. The van der Waals surface area contributed by atoms with E-state index in [2.05, 4.69) is 35.0 Å². The van der Waals surface area contributed by atoms with Gasteiger partial charge in [0.05, 0.1) is 0 Å². The molecule has 92 valence electrons. The summed E-state index contributed by atoms with van der Waals surface area (Å²) in [5.41, 5.74) is 0. The van der Waals surface area contributed by atoms with Crippen LogP contribution in [-0.2, 0) is 0 Å². The van der Waals surface area contributed by atoms with Crippen molar-refractivity contribution in [3.8, 4) is 0 Å². The third kappa shape index (κ3) is 2.62. The number of hydrogen-bond acceptors (Lipinski definition) is 3. The highest BCUT2D eigenvalue weighted by atomic mass is 32.1. The van der Waals surface area contributed by atoms with Crippen molar-refractivity contribution in [3.63, 3.8) is 0 Å². The molecule has 17 heavy (non-hydrogen) atoms. The maximum Gasteiger partial charge on any atom is 0.0494 e. The molecule has 1 aromatic heterocycles. The second kappa shape index (κ2) is 4.92. The van der Waals surface area contributed by atoms with Gasteiger partial charge in [-0.15, -0.1) is 11.3 Å². The van der Waals surface area contributed by atoms with E-state index in [9.17, 15) is 0 Å². The fraction of sp³-hybridized carbons (Fsp3) is 0.571. The summed E-state index contributed by atoms with van der Waals surface area (Å²) in [5.74, 6) is 1.19. The first kappa shape index (κ1) is 11.5. The summed E-state index contributed by atoms with van der Waals surface area (Å²) in [6, 6.07) is 5.35. The zero-order valence-corrected chi connectivity index (χ0v) is 10.7. The molecule has 0 aliphatic heterocycles. The Morgan fingerprint density at radius 3 is 2.88 bits per heavy atom. The fourth-order valence-corrected chi connectivity index (χ4v) is 3.49. The summed E-state index contributed by atoms with van der Waals surface area (Å²) in [5, 5.41) is 15.1. The van der Waals surface area contributed by atoms with Gasteiger partial charge in [0.15, 0.2) is 0 Å². The van der Waals surface area contributed by atoms with E-state index in [0.717, 1.165) is 12.3 Å². The van der Waals surface area contributed by atoms with E-state index in [-0.39, 0.29) is 6.61 Å². The van der Waals surface area contributed by atoms with Gasteiger partial charge in [0.25, 0.3) is 0 Å². The summed E-state index contributed by atoms with van der Waals surface area (Å²) in [6.45, 7) is 0.280. The monoisotopic (exact) mass is 249 g/mol. The predicted octanol–water partition coefficient (Wildman–Crippen LogP) is 2.73. The molecule has 1 saturated carbocycles. The summed E-state index contributed by atoms with van der Waals surface area (Å²) < 4.78 is 0. The highest BCUT2D eigenvalue weighted by Gasteiger charge is 2.34. The molecule has 0 radical (unpaired) electrons. The van der Waals surface area contributed by atoms with E-state index in [4.69, 9.17) is 5.11 Å². The smallest absolute Gasteiger partial charge is 0.0494 e. The lowest BCUT2D eigenvalue weighted by Crippen LogP contribution is -2.31. The van der Waals surface area contributed by atoms with Gasteiger partial charge in [-0.1, -0.05) is 18.2 Å². The summed E-state index contributed by atoms with van der Waals surface area (Å²) >= 11 is 1.85. The molecule has 0 aromatic carbocycles. The van der Waals surface area contributed by atoms with Gasteiger partial charge in [-0.3, -0.25) is 0 Å². The first-order valence-electron chi connectivity index (χ1n) is 6.45. The van der Waals surface area contributed by atoms with Crippen LogP contribution < -0.4 is 5.32 Å². The van der Waals surface area contributed by atoms with E-state index in [1.165, 1.54) is 17.7 Å². The van der Waals surface area contributed by atoms with Crippen molar-refractivity contribution in [1.82, 2.24) is 5.32 Å². The molecule has 0 amide bonds. The van der Waals surface area contributed by atoms with Gasteiger partial charge in [-0.05, 0) is 36.6 Å². The van der Waals surface area contributed by atoms with Crippen LogP contribution in [0, 0.1) is 11.8 Å². The fourth-order valence-electron chi connectivity index (χ4n) is 2.61. The first-order valence-corrected chi connectivity index (χ1v) is 7.33. The van der Waals surface area contributed by atoms with Gasteiger partial charge in [-0.2, -0.15) is 0 Å². The van der Waals surface area contributed by atoms with Crippen LogP contribution in [0.2, 0.25) is 0 Å². The Bertz CT molecular complexity index is 383. The predicted molar refractivity (Wildman–Crippen MR) is 71.0 cm³/mol. The summed E-state index contributed by atoms with van der Waals surface area (Å²) in [7, 11) is 0. The van der Waals surface area contributed by atoms with Crippen molar-refractivity contribution >= 4 is 11.3 Å².